The summed E-state index contributed by atoms with van der Waals surface area (Å²) in [6.07, 6.45) is -1.14. The molecule has 2 atom stereocenters. The van der Waals surface area contributed by atoms with Crippen molar-refractivity contribution in [1.29, 1.82) is 0 Å². The van der Waals surface area contributed by atoms with Crippen LogP contribution in [0.25, 0.3) is 0 Å². The van der Waals surface area contributed by atoms with E-state index in [9.17, 15) is 14.4 Å². The third-order valence-electron chi connectivity index (χ3n) is 3.58. The second kappa shape index (κ2) is 8.54. The number of halogens is 1. The Kier molecular flexibility index (Phi) is 6.43. The van der Waals surface area contributed by atoms with E-state index in [1.54, 1.807) is 0 Å². The molecule has 0 spiro atoms. The van der Waals surface area contributed by atoms with Crippen LogP contribution in [0.1, 0.15) is 12.0 Å². The Morgan fingerprint density at radius 3 is 2.58 bits per heavy atom. The van der Waals surface area contributed by atoms with Crippen LogP contribution < -0.4 is 0 Å². The van der Waals surface area contributed by atoms with Crippen LogP contribution in [-0.4, -0.2) is 54.6 Å². The minimum Gasteiger partial charge on any atom is -0.467 e. The number of methoxy groups -OCH3 is 1. The van der Waals surface area contributed by atoms with Crippen molar-refractivity contribution in [2.24, 2.45) is 0 Å². The first-order valence-corrected chi connectivity index (χ1v) is 7.89. The van der Waals surface area contributed by atoms with Crippen molar-refractivity contribution in [3.8, 4) is 0 Å². The quantitative estimate of drug-likeness (QED) is 0.454. The molecule has 0 aliphatic carbocycles. The summed E-state index contributed by atoms with van der Waals surface area (Å²) in [7, 11) is 1.23. The summed E-state index contributed by atoms with van der Waals surface area (Å²) in [5.74, 6) is -1.49. The minimum absolute atomic E-state index is 0.0516. The standard InChI is InChI=1S/C16H18ClNO6/c1-22-15(20)13-7-12(24-14(19)8-17)9-18(13)16(21)23-10-11-5-3-2-4-6-11/h2-6,12-13H,7-10H2,1H3. The summed E-state index contributed by atoms with van der Waals surface area (Å²) in [6, 6.07) is 8.30. The van der Waals surface area contributed by atoms with Crippen LogP contribution >= 0.6 is 11.6 Å². The van der Waals surface area contributed by atoms with Gasteiger partial charge in [-0.15, -0.1) is 11.6 Å². The number of rotatable bonds is 5. The van der Waals surface area contributed by atoms with Crippen LogP contribution in [-0.2, 0) is 30.4 Å². The Bertz CT molecular complexity index is 593. The second-order valence-electron chi connectivity index (χ2n) is 5.21. The summed E-state index contributed by atoms with van der Waals surface area (Å²) < 4.78 is 15.0. The molecule has 24 heavy (non-hydrogen) atoms. The smallest absolute Gasteiger partial charge is 0.410 e. The molecule has 0 bridgehead atoms. The molecule has 1 heterocycles. The van der Waals surface area contributed by atoms with Crippen molar-refractivity contribution < 1.29 is 28.6 Å². The number of nitrogens with zero attached hydrogens (tertiary/aromatic N) is 1. The molecule has 1 amide bonds. The van der Waals surface area contributed by atoms with E-state index in [1.807, 2.05) is 30.3 Å². The average molecular weight is 356 g/mol. The Balaban J connectivity index is 1.99. The van der Waals surface area contributed by atoms with Crippen molar-refractivity contribution in [2.75, 3.05) is 19.5 Å². The van der Waals surface area contributed by atoms with Gasteiger partial charge < -0.3 is 14.2 Å². The van der Waals surface area contributed by atoms with Crippen molar-refractivity contribution >= 4 is 29.6 Å². The lowest BCUT2D eigenvalue weighted by Crippen LogP contribution is -2.41. The molecule has 1 aromatic rings. The molecule has 1 aliphatic rings. The number of hydrogen-bond donors (Lipinski definition) is 0. The van der Waals surface area contributed by atoms with Gasteiger partial charge in [-0.05, 0) is 5.56 Å². The normalized spacial score (nSPS) is 19.7. The maximum Gasteiger partial charge on any atom is 0.410 e. The maximum absolute atomic E-state index is 12.3. The SMILES string of the molecule is COC(=O)C1CC(OC(=O)CCl)CN1C(=O)OCc1ccccc1. The fraction of sp³-hybridized carbons (Fsp3) is 0.438. The zero-order chi connectivity index (χ0) is 17.5. The van der Waals surface area contributed by atoms with Crippen molar-refractivity contribution in [1.82, 2.24) is 4.90 Å². The molecule has 2 unspecified atom stereocenters. The molecule has 0 saturated carbocycles. The summed E-state index contributed by atoms with van der Waals surface area (Å²) in [6.45, 7) is 0.131. The van der Waals surface area contributed by atoms with Gasteiger partial charge in [0.05, 0.1) is 13.7 Å². The van der Waals surface area contributed by atoms with E-state index in [2.05, 4.69) is 0 Å². The Morgan fingerprint density at radius 1 is 1.25 bits per heavy atom. The van der Waals surface area contributed by atoms with Crippen LogP contribution in [0, 0.1) is 0 Å². The molecule has 0 aromatic heterocycles. The average Bonchev–Trinajstić information content (AvgIpc) is 3.03. The number of benzene rings is 1. The Morgan fingerprint density at radius 2 is 1.96 bits per heavy atom. The number of hydrogen-bond acceptors (Lipinski definition) is 6. The summed E-state index contributed by atoms with van der Waals surface area (Å²) >= 11 is 5.40. The highest BCUT2D eigenvalue weighted by Gasteiger charge is 2.42. The van der Waals surface area contributed by atoms with E-state index >= 15 is 0 Å². The third kappa shape index (κ3) is 4.61. The van der Waals surface area contributed by atoms with E-state index in [1.165, 1.54) is 12.0 Å². The van der Waals surface area contributed by atoms with Gasteiger partial charge in [0.2, 0.25) is 0 Å². The number of amides is 1. The zero-order valence-electron chi connectivity index (χ0n) is 13.1. The van der Waals surface area contributed by atoms with Crippen LogP contribution in [0.4, 0.5) is 4.79 Å². The fourth-order valence-corrected chi connectivity index (χ4v) is 2.53. The van der Waals surface area contributed by atoms with Crippen molar-refractivity contribution in [3.05, 3.63) is 35.9 Å². The van der Waals surface area contributed by atoms with Crippen LogP contribution in [0.5, 0.6) is 0 Å². The Hall–Kier alpha value is -2.28. The van der Waals surface area contributed by atoms with Crippen molar-refractivity contribution in [3.63, 3.8) is 0 Å². The first kappa shape index (κ1) is 18.1. The van der Waals surface area contributed by atoms with Gasteiger partial charge in [0.1, 0.15) is 24.6 Å². The highest BCUT2D eigenvalue weighted by molar-refractivity contribution is 6.26. The van der Waals surface area contributed by atoms with E-state index in [0.29, 0.717) is 0 Å². The topological polar surface area (TPSA) is 82.1 Å². The molecule has 7 nitrogen and oxygen atoms in total. The van der Waals surface area contributed by atoms with Gasteiger partial charge in [0.15, 0.2) is 0 Å². The van der Waals surface area contributed by atoms with E-state index in [4.69, 9.17) is 25.8 Å². The summed E-state index contributed by atoms with van der Waals surface area (Å²) in [4.78, 5) is 36.7. The van der Waals surface area contributed by atoms with Gasteiger partial charge in [-0.25, -0.2) is 9.59 Å². The van der Waals surface area contributed by atoms with Crippen molar-refractivity contribution in [2.45, 2.75) is 25.2 Å². The lowest BCUT2D eigenvalue weighted by atomic mass is 10.2. The largest absolute Gasteiger partial charge is 0.467 e. The molecule has 1 aromatic carbocycles. The number of likely N-dealkylation sites (tertiary alicyclic amines) is 1. The molecular weight excluding hydrogens is 338 g/mol. The predicted octanol–water partition coefficient (Wildman–Crippen LogP) is 1.72. The summed E-state index contributed by atoms with van der Waals surface area (Å²) in [5, 5.41) is 0. The zero-order valence-corrected chi connectivity index (χ0v) is 13.9. The van der Waals surface area contributed by atoms with Gasteiger partial charge in [-0.3, -0.25) is 9.69 Å². The molecule has 8 heteroatoms. The highest BCUT2D eigenvalue weighted by atomic mass is 35.5. The van der Waals surface area contributed by atoms with E-state index < -0.39 is 30.2 Å². The van der Waals surface area contributed by atoms with Gasteiger partial charge in [0, 0.05) is 6.42 Å². The fourth-order valence-electron chi connectivity index (χ4n) is 2.46. The van der Waals surface area contributed by atoms with E-state index in [0.717, 1.165) is 5.56 Å². The molecule has 1 aliphatic heterocycles. The molecule has 0 N–H and O–H groups in total. The van der Waals surface area contributed by atoms with Crippen LogP contribution in [0.2, 0.25) is 0 Å². The lowest BCUT2D eigenvalue weighted by molar-refractivity contribution is -0.147. The number of ether oxygens (including phenoxy) is 3. The molecule has 2 rings (SSSR count). The molecule has 130 valence electrons. The number of alkyl halides is 1. The first-order valence-electron chi connectivity index (χ1n) is 7.35. The van der Waals surface area contributed by atoms with Gasteiger partial charge >= 0.3 is 18.0 Å². The number of carbonyl (C=O) groups is 3. The molecule has 1 saturated heterocycles. The predicted molar refractivity (Wildman–Crippen MR) is 84.4 cm³/mol. The molecule has 0 radical (unpaired) electrons. The first-order chi connectivity index (χ1) is 11.5. The third-order valence-corrected chi connectivity index (χ3v) is 3.80. The highest BCUT2D eigenvalue weighted by Crippen LogP contribution is 2.23. The minimum atomic E-state index is -0.855. The van der Waals surface area contributed by atoms with Crippen LogP contribution in [0.3, 0.4) is 0 Å². The maximum atomic E-state index is 12.3. The molecule has 1 fully saturated rings. The monoisotopic (exact) mass is 355 g/mol. The summed E-state index contributed by atoms with van der Waals surface area (Å²) in [5.41, 5.74) is 0.824. The van der Waals surface area contributed by atoms with E-state index in [-0.39, 0.29) is 25.5 Å². The molecular formula is C16H18ClNO6. The van der Waals surface area contributed by atoms with Gasteiger partial charge in [0.25, 0.3) is 0 Å². The van der Waals surface area contributed by atoms with Gasteiger partial charge in [-0.1, -0.05) is 30.3 Å². The lowest BCUT2D eigenvalue weighted by Gasteiger charge is -2.21. The van der Waals surface area contributed by atoms with Crippen LogP contribution in [0.15, 0.2) is 30.3 Å². The second-order valence-corrected chi connectivity index (χ2v) is 5.48. The van der Waals surface area contributed by atoms with Gasteiger partial charge in [-0.2, -0.15) is 0 Å². The number of carbonyl (C=O) groups excluding carboxylic acids is 3. The Labute approximate surface area is 144 Å². The number of esters is 2.